The minimum atomic E-state index is -0.774. The highest BCUT2D eigenvalue weighted by molar-refractivity contribution is 8.01. The Bertz CT molecular complexity index is 835. The second kappa shape index (κ2) is 9.39. The molecule has 0 aromatic heterocycles. The highest BCUT2D eigenvalue weighted by Crippen LogP contribution is 2.38. The van der Waals surface area contributed by atoms with E-state index in [1.165, 1.54) is 0 Å². The van der Waals surface area contributed by atoms with E-state index < -0.39 is 11.1 Å². The summed E-state index contributed by atoms with van der Waals surface area (Å²) < 4.78 is 14.7. The Kier molecular flexibility index (Phi) is 7.71. The number of aromatic nitrogens is 2. The molecule has 0 unspecified atom stereocenters. The van der Waals surface area contributed by atoms with Crippen LogP contribution in [-0.4, -0.2) is 33.8 Å². The molecular formula is C18H25ClFN3O2S2. The molecule has 0 aromatic carbocycles. The number of hydrogen-bond acceptors (Lipinski definition) is 5. The Morgan fingerprint density at radius 3 is 2.67 bits per heavy atom. The summed E-state index contributed by atoms with van der Waals surface area (Å²) in [5, 5.41) is 2.78. The van der Waals surface area contributed by atoms with E-state index in [0.717, 1.165) is 33.4 Å². The number of halogens is 2. The molecule has 27 heavy (non-hydrogen) atoms. The molecule has 0 fully saturated rings. The lowest BCUT2D eigenvalue weighted by molar-refractivity contribution is -0.123. The van der Waals surface area contributed by atoms with Gasteiger partial charge in [-0.2, -0.15) is 4.98 Å². The van der Waals surface area contributed by atoms with Gasteiger partial charge in [0.05, 0.1) is 16.3 Å². The summed E-state index contributed by atoms with van der Waals surface area (Å²) in [5.41, 5.74) is 0.258. The molecule has 9 heteroatoms. The van der Waals surface area contributed by atoms with Crippen molar-refractivity contribution >= 4 is 46.4 Å². The number of aryl methyl sites for hydroxylation is 1. The zero-order chi connectivity index (χ0) is 20.2. The molecule has 1 N–H and O–H groups in total. The maximum Gasteiger partial charge on any atom is 0.354 e. The van der Waals surface area contributed by atoms with Gasteiger partial charge in [0.1, 0.15) is 5.69 Å². The van der Waals surface area contributed by atoms with Crippen molar-refractivity contribution in [2.24, 2.45) is 5.41 Å². The van der Waals surface area contributed by atoms with E-state index >= 15 is 0 Å². The van der Waals surface area contributed by atoms with Crippen LogP contribution in [0.25, 0.3) is 5.69 Å². The van der Waals surface area contributed by atoms with Gasteiger partial charge in [0.15, 0.2) is 5.82 Å². The SMILES string of the molecule is Cc1sc(SCCCCCF)c2c(NC(=O)C(C)(C)CCl)nc(=O)n-2c1C. The molecule has 0 saturated heterocycles. The Balaban J connectivity index is 2.38. The first kappa shape index (κ1) is 22.2. The number of amides is 1. The summed E-state index contributed by atoms with van der Waals surface area (Å²) in [6, 6.07) is 0. The van der Waals surface area contributed by atoms with Gasteiger partial charge in [-0.15, -0.1) is 34.7 Å². The smallest absolute Gasteiger partial charge is 0.308 e. The van der Waals surface area contributed by atoms with E-state index in [1.54, 1.807) is 41.5 Å². The van der Waals surface area contributed by atoms with Gasteiger partial charge in [-0.1, -0.05) is 6.42 Å². The maximum absolute atomic E-state index is 12.5. The summed E-state index contributed by atoms with van der Waals surface area (Å²) in [6.07, 6.45) is 2.28. The number of alkyl halides is 2. The molecule has 2 rings (SSSR count). The lowest BCUT2D eigenvalue weighted by Crippen LogP contribution is -2.32. The molecule has 2 heterocycles. The molecule has 2 aliphatic heterocycles. The highest BCUT2D eigenvalue weighted by Gasteiger charge is 2.30. The van der Waals surface area contributed by atoms with Gasteiger partial charge in [0.2, 0.25) is 5.91 Å². The number of carbonyl (C=O) groups excluding carboxylic acids is 1. The highest BCUT2D eigenvalue weighted by atomic mass is 35.5. The lowest BCUT2D eigenvalue weighted by Gasteiger charge is -2.21. The molecule has 0 atom stereocenters. The van der Waals surface area contributed by atoms with Crippen LogP contribution in [0.1, 0.15) is 43.7 Å². The van der Waals surface area contributed by atoms with Gasteiger partial charge in [-0.3, -0.25) is 13.8 Å². The van der Waals surface area contributed by atoms with Crippen molar-refractivity contribution in [3.05, 3.63) is 21.1 Å². The number of anilines is 1. The molecule has 0 radical (unpaired) electrons. The summed E-state index contributed by atoms with van der Waals surface area (Å²) in [4.78, 5) is 30.1. The van der Waals surface area contributed by atoms with Gasteiger partial charge >= 0.3 is 5.69 Å². The fraction of sp³-hybridized carbons (Fsp3) is 0.611. The molecule has 0 spiro atoms. The standard InChI is InChI=1S/C18H25ClFN3O2S2/c1-11-12(2)27-15(26-9-7-5-6-8-20)13-14(22-17(25)23(11)13)21-16(24)18(3,4)10-19/h5-10H2,1-4H3,(H,21,22,24,25). The fourth-order valence-electron chi connectivity index (χ4n) is 2.38. The monoisotopic (exact) mass is 433 g/mol. The minimum Gasteiger partial charge on any atom is -0.308 e. The summed E-state index contributed by atoms with van der Waals surface area (Å²) in [5.74, 6) is 0.967. The molecule has 5 nitrogen and oxygen atoms in total. The third kappa shape index (κ3) is 5.03. The van der Waals surface area contributed by atoms with E-state index in [9.17, 15) is 14.0 Å². The van der Waals surface area contributed by atoms with Crippen LogP contribution in [0.4, 0.5) is 10.2 Å². The molecular weight excluding hydrogens is 409 g/mol. The Morgan fingerprint density at radius 1 is 1.33 bits per heavy atom. The van der Waals surface area contributed by atoms with Crippen LogP contribution < -0.4 is 11.0 Å². The third-order valence-electron chi connectivity index (χ3n) is 4.32. The second-order valence-corrected chi connectivity index (χ2v) is 9.88. The zero-order valence-electron chi connectivity index (χ0n) is 16.0. The first-order chi connectivity index (χ1) is 12.7. The quantitative estimate of drug-likeness (QED) is 0.351. The van der Waals surface area contributed by atoms with Crippen molar-refractivity contribution in [3.63, 3.8) is 0 Å². The molecule has 150 valence electrons. The Morgan fingerprint density at radius 2 is 2.04 bits per heavy atom. The number of carbonyl (C=O) groups is 1. The molecule has 1 amide bonds. The van der Waals surface area contributed by atoms with Gasteiger partial charge in [-0.25, -0.2) is 4.79 Å². The summed E-state index contributed by atoms with van der Waals surface area (Å²) in [6.45, 7) is 7.01. The second-order valence-electron chi connectivity index (χ2n) is 7.03. The average molecular weight is 434 g/mol. The van der Waals surface area contributed by atoms with E-state index in [-0.39, 0.29) is 24.3 Å². The topological polar surface area (TPSA) is 64.0 Å². The van der Waals surface area contributed by atoms with Gasteiger partial charge in [-0.05, 0) is 46.3 Å². The van der Waals surface area contributed by atoms with Crippen molar-refractivity contribution in [1.29, 1.82) is 0 Å². The predicted molar refractivity (Wildman–Crippen MR) is 112 cm³/mol. The first-order valence-electron chi connectivity index (χ1n) is 8.82. The number of fused-ring (bicyclic) bond motifs is 1. The van der Waals surface area contributed by atoms with Gasteiger partial charge < -0.3 is 5.32 Å². The van der Waals surface area contributed by atoms with Crippen molar-refractivity contribution in [3.8, 4) is 5.69 Å². The Hall–Kier alpha value is -1.12. The average Bonchev–Trinajstić information content (AvgIpc) is 2.95. The van der Waals surface area contributed by atoms with Crippen molar-refractivity contribution < 1.29 is 9.18 Å². The molecule has 0 saturated carbocycles. The largest absolute Gasteiger partial charge is 0.354 e. The molecule has 0 aliphatic carbocycles. The van der Waals surface area contributed by atoms with Crippen LogP contribution in [0, 0.1) is 19.3 Å². The van der Waals surface area contributed by atoms with Crippen LogP contribution >= 0.6 is 34.7 Å². The Labute approximate surface area is 172 Å². The van der Waals surface area contributed by atoms with Crippen LogP contribution in [0.5, 0.6) is 0 Å². The summed E-state index contributed by atoms with van der Waals surface area (Å²) >= 11 is 9.08. The van der Waals surface area contributed by atoms with Gasteiger partial charge in [0, 0.05) is 16.5 Å². The van der Waals surface area contributed by atoms with E-state index in [1.807, 2.05) is 13.8 Å². The lowest BCUT2D eigenvalue weighted by atomic mass is 9.95. The number of rotatable bonds is 9. The number of imidazole rings is 1. The number of hydrogen-bond donors (Lipinski definition) is 1. The number of nitrogens with zero attached hydrogens (tertiary/aromatic N) is 2. The molecule has 0 bridgehead atoms. The van der Waals surface area contributed by atoms with E-state index in [4.69, 9.17) is 11.6 Å². The molecule has 0 aromatic rings. The van der Waals surface area contributed by atoms with Crippen LogP contribution in [0.3, 0.4) is 0 Å². The van der Waals surface area contributed by atoms with Crippen LogP contribution in [0.2, 0.25) is 0 Å². The van der Waals surface area contributed by atoms with Gasteiger partial charge in [0.25, 0.3) is 0 Å². The molecule has 2 aliphatic rings. The minimum absolute atomic E-state index is 0.159. The van der Waals surface area contributed by atoms with Crippen molar-refractivity contribution in [2.75, 3.05) is 23.6 Å². The maximum atomic E-state index is 12.5. The fourth-order valence-corrected chi connectivity index (χ4v) is 5.02. The number of nitrogens with one attached hydrogen (secondary N) is 1. The number of unbranched alkanes of at least 4 members (excludes halogenated alkanes) is 2. The third-order valence-corrected chi connectivity index (χ3v) is 7.52. The number of thioether (sulfide) groups is 1. The van der Waals surface area contributed by atoms with Crippen LogP contribution in [-0.2, 0) is 4.79 Å². The van der Waals surface area contributed by atoms with E-state index in [0.29, 0.717) is 12.1 Å². The zero-order valence-corrected chi connectivity index (χ0v) is 18.4. The van der Waals surface area contributed by atoms with Crippen molar-refractivity contribution in [2.45, 2.75) is 51.2 Å². The predicted octanol–water partition coefficient (Wildman–Crippen LogP) is 4.78. The normalized spacial score (nSPS) is 11.9. The van der Waals surface area contributed by atoms with Crippen LogP contribution in [0.15, 0.2) is 9.00 Å². The first-order valence-corrected chi connectivity index (χ1v) is 11.2. The summed E-state index contributed by atoms with van der Waals surface area (Å²) in [7, 11) is 0. The van der Waals surface area contributed by atoms with Crippen molar-refractivity contribution in [1.82, 2.24) is 9.55 Å². The van der Waals surface area contributed by atoms with E-state index in [2.05, 4.69) is 10.3 Å².